The number of pyridine rings is 1. The Morgan fingerprint density at radius 3 is 2.58 bits per heavy atom. The first-order valence-electron chi connectivity index (χ1n) is 7.44. The van der Waals surface area contributed by atoms with Gasteiger partial charge in [-0.25, -0.2) is 4.39 Å². The smallest absolute Gasteiger partial charge is 0.251 e. The van der Waals surface area contributed by atoms with Gasteiger partial charge in [-0.3, -0.25) is 9.78 Å². The molecule has 120 valence electrons. The molecule has 0 bridgehead atoms. The fraction of sp³-hybridized carbons (Fsp3) is 0.111. The lowest BCUT2D eigenvalue weighted by Gasteiger charge is -2.07. The van der Waals surface area contributed by atoms with Gasteiger partial charge in [-0.05, 0) is 41.5 Å². The number of carbonyl (C=O) groups is 1. The van der Waals surface area contributed by atoms with Crippen LogP contribution in [0.4, 0.5) is 4.39 Å². The molecular weight excluding hydrogens is 307 g/mol. The highest BCUT2D eigenvalue weighted by atomic mass is 19.1. The molecule has 6 heteroatoms. The summed E-state index contributed by atoms with van der Waals surface area (Å²) in [7, 11) is 0. The second-order valence-corrected chi connectivity index (χ2v) is 5.27. The fourth-order valence-corrected chi connectivity index (χ4v) is 2.23. The Morgan fingerprint density at radius 1 is 1.00 bits per heavy atom. The van der Waals surface area contributed by atoms with Gasteiger partial charge in [0.25, 0.3) is 5.91 Å². The Labute approximate surface area is 138 Å². The number of nitrogens with zero attached hydrogens (tertiary/aromatic N) is 3. The maximum absolute atomic E-state index is 12.9. The van der Waals surface area contributed by atoms with Crippen LogP contribution < -0.4 is 5.32 Å². The van der Waals surface area contributed by atoms with Gasteiger partial charge in [-0.15, -0.1) is 0 Å². The highest BCUT2D eigenvalue weighted by Crippen LogP contribution is 2.10. The third kappa shape index (κ3) is 4.19. The zero-order valence-corrected chi connectivity index (χ0v) is 12.8. The number of halogens is 1. The van der Waals surface area contributed by atoms with Crippen LogP contribution in [0.5, 0.6) is 0 Å². The minimum atomic E-state index is -0.273. The van der Waals surface area contributed by atoms with Crippen molar-refractivity contribution in [1.29, 1.82) is 0 Å². The summed E-state index contributed by atoms with van der Waals surface area (Å²) in [5.74, 6) is -0.458. The van der Waals surface area contributed by atoms with Crippen molar-refractivity contribution in [2.75, 3.05) is 0 Å². The van der Waals surface area contributed by atoms with Crippen LogP contribution in [0.3, 0.4) is 0 Å². The number of hydrogen-bond donors (Lipinski definition) is 1. The maximum atomic E-state index is 12.9. The Bertz CT molecular complexity index is 822. The predicted molar refractivity (Wildman–Crippen MR) is 86.6 cm³/mol. The standard InChI is InChI=1S/C18H15FN4O/c19-16-3-1-13(2-4-16)9-17-10-15(6-7-20-17)18(24)21-11-14-5-8-22-23-12-14/h1-8,10,12H,9,11H2,(H,21,24). The average Bonchev–Trinajstić information content (AvgIpc) is 2.63. The third-order valence-corrected chi connectivity index (χ3v) is 3.48. The molecule has 0 atom stereocenters. The van der Waals surface area contributed by atoms with Gasteiger partial charge < -0.3 is 5.32 Å². The first-order chi connectivity index (χ1) is 11.7. The molecule has 24 heavy (non-hydrogen) atoms. The van der Waals surface area contributed by atoms with Gasteiger partial charge in [0, 0.05) is 36.6 Å². The first-order valence-corrected chi connectivity index (χ1v) is 7.44. The second-order valence-electron chi connectivity index (χ2n) is 5.27. The van der Waals surface area contributed by atoms with E-state index in [1.54, 1.807) is 48.9 Å². The largest absolute Gasteiger partial charge is 0.348 e. The van der Waals surface area contributed by atoms with Crippen LogP contribution >= 0.6 is 0 Å². The Balaban J connectivity index is 1.65. The van der Waals surface area contributed by atoms with E-state index in [0.29, 0.717) is 18.5 Å². The molecule has 0 aliphatic carbocycles. The molecule has 2 aromatic heterocycles. The SMILES string of the molecule is O=C(NCc1ccnnc1)c1ccnc(Cc2ccc(F)cc2)c1. The van der Waals surface area contributed by atoms with E-state index in [9.17, 15) is 9.18 Å². The average molecular weight is 322 g/mol. The van der Waals surface area contributed by atoms with Gasteiger partial charge in [-0.1, -0.05) is 12.1 Å². The van der Waals surface area contributed by atoms with Crippen LogP contribution in [0.15, 0.2) is 61.1 Å². The van der Waals surface area contributed by atoms with Crippen LogP contribution in [0, 0.1) is 5.82 Å². The van der Waals surface area contributed by atoms with Gasteiger partial charge in [0.2, 0.25) is 0 Å². The molecule has 0 saturated heterocycles. The van der Waals surface area contributed by atoms with E-state index >= 15 is 0 Å². The van der Waals surface area contributed by atoms with Gasteiger partial charge in [0.05, 0.1) is 6.20 Å². The molecule has 1 N–H and O–H groups in total. The summed E-state index contributed by atoms with van der Waals surface area (Å²) in [5, 5.41) is 10.3. The van der Waals surface area contributed by atoms with E-state index < -0.39 is 0 Å². The number of rotatable bonds is 5. The molecule has 0 saturated carbocycles. The lowest BCUT2D eigenvalue weighted by Crippen LogP contribution is -2.23. The van der Waals surface area contributed by atoms with Crippen LogP contribution in [0.1, 0.15) is 27.2 Å². The summed E-state index contributed by atoms with van der Waals surface area (Å²) in [5.41, 5.74) is 3.09. The predicted octanol–water partition coefficient (Wildman–Crippen LogP) is 2.53. The molecule has 0 fully saturated rings. The second kappa shape index (κ2) is 7.41. The number of benzene rings is 1. The van der Waals surface area contributed by atoms with Crippen LogP contribution in [-0.4, -0.2) is 21.1 Å². The van der Waals surface area contributed by atoms with E-state index in [0.717, 1.165) is 16.8 Å². The molecular formula is C18H15FN4O. The quantitative estimate of drug-likeness (QED) is 0.784. The molecule has 0 unspecified atom stereocenters. The summed E-state index contributed by atoms with van der Waals surface area (Å²) in [6.07, 6.45) is 5.32. The lowest BCUT2D eigenvalue weighted by atomic mass is 10.1. The highest BCUT2D eigenvalue weighted by molar-refractivity contribution is 5.94. The van der Waals surface area contributed by atoms with Gasteiger partial charge in [0.15, 0.2) is 0 Å². The zero-order valence-electron chi connectivity index (χ0n) is 12.8. The molecule has 5 nitrogen and oxygen atoms in total. The Kier molecular flexibility index (Phi) is 4.86. The minimum Gasteiger partial charge on any atom is -0.348 e. The number of nitrogens with one attached hydrogen (secondary N) is 1. The normalized spacial score (nSPS) is 10.4. The summed E-state index contributed by atoms with van der Waals surface area (Å²) >= 11 is 0. The first kappa shape index (κ1) is 15.7. The lowest BCUT2D eigenvalue weighted by molar-refractivity contribution is 0.0950. The summed E-state index contributed by atoms with van der Waals surface area (Å²) < 4.78 is 12.9. The fourth-order valence-electron chi connectivity index (χ4n) is 2.23. The van der Waals surface area contributed by atoms with Crippen molar-refractivity contribution in [3.8, 4) is 0 Å². The van der Waals surface area contributed by atoms with Crippen molar-refractivity contribution in [2.24, 2.45) is 0 Å². The molecule has 2 heterocycles. The van der Waals surface area contributed by atoms with Gasteiger partial charge in [0.1, 0.15) is 5.82 Å². The maximum Gasteiger partial charge on any atom is 0.251 e. The van der Waals surface area contributed by atoms with E-state index in [1.165, 1.54) is 12.1 Å². The molecule has 1 aromatic carbocycles. The van der Waals surface area contributed by atoms with Crippen molar-refractivity contribution in [3.63, 3.8) is 0 Å². The molecule has 3 rings (SSSR count). The summed E-state index contributed by atoms with van der Waals surface area (Å²) in [6, 6.07) is 11.4. The monoisotopic (exact) mass is 322 g/mol. The number of aromatic nitrogens is 3. The number of carbonyl (C=O) groups excluding carboxylic acids is 1. The molecule has 0 aliphatic heterocycles. The van der Waals surface area contributed by atoms with Crippen LogP contribution in [-0.2, 0) is 13.0 Å². The molecule has 3 aromatic rings. The number of amides is 1. The van der Waals surface area contributed by atoms with Crippen molar-refractivity contribution >= 4 is 5.91 Å². The van der Waals surface area contributed by atoms with E-state index in [1.807, 2.05) is 0 Å². The minimum absolute atomic E-state index is 0.186. The van der Waals surface area contributed by atoms with Crippen molar-refractivity contribution in [2.45, 2.75) is 13.0 Å². The number of hydrogen-bond acceptors (Lipinski definition) is 4. The molecule has 0 spiro atoms. The van der Waals surface area contributed by atoms with Crippen LogP contribution in [0.25, 0.3) is 0 Å². The Morgan fingerprint density at radius 2 is 1.83 bits per heavy atom. The molecule has 0 aliphatic rings. The van der Waals surface area contributed by atoms with Gasteiger partial charge in [-0.2, -0.15) is 10.2 Å². The van der Waals surface area contributed by atoms with Crippen molar-refractivity contribution < 1.29 is 9.18 Å². The van der Waals surface area contributed by atoms with Crippen molar-refractivity contribution in [3.05, 3.63) is 89.3 Å². The molecule has 1 amide bonds. The van der Waals surface area contributed by atoms with E-state index in [4.69, 9.17) is 0 Å². The summed E-state index contributed by atoms with van der Waals surface area (Å²) in [6.45, 7) is 0.379. The van der Waals surface area contributed by atoms with E-state index in [-0.39, 0.29) is 11.7 Å². The topological polar surface area (TPSA) is 67.8 Å². The summed E-state index contributed by atoms with van der Waals surface area (Å²) in [4.78, 5) is 16.5. The third-order valence-electron chi connectivity index (χ3n) is 3.48. The van der Waals surface area contributed by atoms with Gasteiger partial charge >= 0.3 is 0 Å². The Hall–Kier alpha value is -3.15. The van der Waals surface area contributed by atoms with Crippen molar-refractivity contribution in [1.82, 2.24) is 20.5 Å². The highest BCUT2D eigenvalue weighted by Gasteiger charge is 2.07. The van der Waals surface area contributed by atoms with E-state index in [2.05, 4.69) is 20.5 Å². The zero-order chi connectivity index (χ0) is 16.8. The molecule has 0 radical (unpaired) electrons. The van der Waals surface area contributed by atoms with Crippen LogP contribution in [0.2, 0.25) is 0 Å².